The van der Waals surface area contributed by atoms with Gasteiger partial charge in [-0.05, 0) is 36.4 Å². The number of hydrogen-bond donors (Lipinski definition) is 2. The summed E-state index contributed by atoms with van der Waals surface area (Å²) >= 11 is 0. The second-order valence-electron chi connectivity index (χ2n) is 6.10. The molecular formula is C19H18FN3O4. The molecule has 2 aromatic carbocycles. The number of anilines is 2. The molecule has 2 aromatic rings. The number of fused-ring (bicyclic) bond motifs is 1. The molecule has 0 aliphatic carbocycles. The fourth-order valence-electron chi connectivity index (χ4n) is 2.58. The van der Waals surface area contributed by atoms with Crippen molar-refractivity contribution in [3.63, 3.8) is 0 Å². The molecule has 1 aliphatic heterocycles. The van der Waals surface area contributed by atoms with Gasteiger partial charge in [-0.1, -0.05) is 12.1 Å². The molecular weight excluding hydrogens is 353 g/mol. The summed E-state index contributed by atoms with van der Waals surface area (Å²) in [5.74, 6) is -1.17. The van der Waals surface area contributed by atoms with Crippen LogP contribution in [0.25, 0.3) is 0 Å². The van der Waals surface area contributed by atoms with Gasteiger partial charge < -0.3 is 20.3 Å². The van der Waals surface area contributed by atoms with Crippen molar-refractivity contribution in [3.05, 3.63) is 54.3 Å². The van der Waals surface area contributed by atoms with Crippen LogP contribution in [-0.4, -0.2) is 42.3 Å². The van der Waals surface area contributed by atoms with E-state index in [1.54, 1.807) is 24.3 Å². The minimum absolute atomic E-state index is 0.194. The van der Waals surface area contributed by atoms with Crippen LogP contribution in [0.5, 0.6) is 5.75 Å². The zero-order valence-electron chi connectivity index (χ0n) is 14.6. The topological polar surface area (TPSA) is 87.7 Å². The lowest BCUT2D eigenvalue weighted by atomic mass is 10.1. The maximum absolute atomic E-state index is 12.9. The van der Waals surface area contributed by atoms with E-state index in [-0.39, 0.29) is 13.0 Å². The first-order valence-corrected chi connectivity index (χ1v) is 8.28. The Morgan fingerprint density at radius 1 is 1.19 bits per heavy atom. The van der Waals surface area contributed by atoms with Crippen molar-refractivity contribution in [2.75, 3.05) is 24.2 Å². The van der Waals surface area contributed by atoms with E-state index in [1.807, 2.05) is 0 Å². The molecule has 0 spiro atoms. The molecule has 0 saturated carbocycles. The van der Waals surface area contributed by atoms with Crippen molar-refractivity contribution in [2.24, 2.45) is 0 Å². The largest absolute Gasteiger partial charge is 0.478 e. The van der Waals surface area contributed by atoms with Gasteiger partial charge in [0.15, 0.2) is 6.10 Å². The van der Waals surface area contributed by atoms with Crippen LogP contribution in [0.3, 0.4) is 0 Å². The molecule has 1 atom stereocenters. The van der Waals surface area contributed by atoms with Gasteiger partial charge in [0, 0.05) is 12.7 Å². The predicted octanol–water partition coefficient (Wildman–Crippen LogP) is 2.01. The van der Waals surface area contributed by atoms with E-state index in [9.17, 15) is 18.8 Å². The van der Waals surface area contributed by atoms with E-state index < -0.39 is 29.6 Å². The molecule has 0 bridgehead atoms. The minimum Gasteiger partial charge on any atom is -0.478 e. The van der Waals surface area contributed by atoms with E-state index in [2.05, 4.69) is 10.6 Å². The fourth-order valence-corrected chi connectivity index (χ4v) is 2.58. The highest BCUT2D eigenvalue weighted by Gasteiger charge is 2.30. The fraction of sp³-hybridized carbons (Fsp3) is 0.211. The van der Waals surface area contributed by atoms with Crippen LogP contribution < -0.4 is 15.4 Å². The molecule has 1 aliphatic rings. The number of ether oxygens (including phenoxy) is 1. The van der Waals surface area contributed by atoms with Crippen LogP contribution in [0, 0.1) is 5.82 Å². The highest BCUT2D eigenvalue weighted by Crippen LogP contribution is 2.29. The Bertz CT molecular complexity index is 870. The Balaban J connectivity index is 1.54. The molecule has 2 N–H and O–H groups in total. The number of likely N-dealkylation sites (N-methyl/N-ethyl adjacent to an activating group) is 1. The molecule has 3 amide bonds. The minimum atomic E-state index is -0.963. The lowest BCUT2D eigenvalue weighted by Crippen LogP contribution is -2.43. The second-order valence-corrected chi connectivity index (χ2v) is 6.10. The Morgan fingerprint density at radius 2 is 1.89 bits per heavy atom. The zero-order valence-corrected chi connectivity index (χ0v) is 14.6. The number of nitrogens with one attached hydrogen (secondary N) is 2. The van der Waals surface area contributed by atoms with E-state index >= 15 is 0 Å². The van der Waals surface area contributed by atoms with Crippen LogP contribution in [0.4, 0.5) is 15.8 Å². The van der Waals surface area contributed by atoms with Crippen molar-refractivity contribution >= 4 is 29.1 Å². The third-order valence-corrected chi connectivity index (χ3v) is 4.00. The van der Waals surface area contributed by atoms with Gasteiger partial charge >= 0.3 is 0 Å². The third kappa shape index (κ3) is 4.60. The number of carbonyl (C=O) groups is 3. The van der Waals surface area contributed by atoms with Gasteiger partial charge in [0.2, 0.25) is 11.8 Å². The molecule has 8 heteroatoms. The number of benzene rings is 2. The summed E-state index contributed by atoms with van der Waals surface area (Å²) in [4.78, 5) is 37.7. The molecule has 140 valence electrons. The van der Waals surface area contributed by atoms with Crippen molar-refractivity contribution < 1.29 is 23.5 Å². The summed E-state index contributed by atoms with van der Waals surface area (Å²) in [6.07, 6.45) is -1.16. The Morgan fingerprint density at radius 3 is 2.63 bits per heavy atom. The van der Waals surface area contributed by atoms with Crippen LogP contribution in [0.2, 0.25) is 0 Å². The van der Waals surface area contributed by atoms with E-state index in [0.717, 1.165) is 0 Å². The Hall–Kier alpha value is -3.42. The van der Waals surface area contributed by atoms with Crippen LogP contribution >= 0.6 is 0 Å². The highest BCUT2D eigenvalue weighted by molar-refractivity contribution is 6.00. The summed E-state index contributed by atoms with van der Waals surface area (Å²) in [5, 5.41) is 5.26. The molecule has 1 heterocycles. The number of halogens is 1. The smallest absolute Gasteiger partial charge is 0.266 e. The maximum Gasteiger partial charge on any atom is 0.266 e. The predicted molar refractivity (Wildman–Crippen MR) is 96.8 cm³/mol. The van der Waals surface area contributed by atoms with Crippen LogP contribution in [0.15, 0.2) is 48.5 Å². The molecule has 0 saturated heterocycles. The average Bonchev–Trinajstić information content (AvgIpc) is 2.64. The summed E-state index contributed by atoms with van der Waals surface area (Å²) < 4.78 is 18.5. The van der Waals surface area contributed by atoms with E-state index in [0.29, 0.717) is 17.1 Å². The first-order valence-electron chi connectivity index (χ1n) is 8.28. The first kappa shape index (κ1) is 18.4. The monoisotopic (exact) mass is 371 g/mol. The first-order chi connectivity index (χ1) is 12.9. The van der Waals surface area contributed by atoms with Crippen molar-refractivity contribution in [1.82, 2.24) is 4.90 Å². The van der Waals surface area contributed by atoms with Gasteiger partial charge in [0.05, 0.1) is 18.7 Å². The molecule has 0 unspecified atom stereocenters. The molecule has 0 fully saturated rings. The van der Waals surface area contributed by atoms with Gasteiger partial charge in [-0.3, -0.25) is 14.4 Å². The average molecular weight is 371 g/mol. The Kier molecular flexibility index (Phi) is 5.35. The molecule has 0 aromatic heterocycles. The molecule has 3 rings (SSSR count). The maximum atomic E-state index is 12.9. The number of rotatable bonds is 5. The highest BCUT2D eigenvalue weighted by atomic mass is 19.1. The number of nitrogens with zero attached hydrogens (tertiary/aromatic N) is 1. The zero-order chi connectivity index (χ0) is 19.4. The number of carbonyl (C=O) groups excluding carboxylic acids is 3. The van der Waals surface area contributed by atoms with Gasteiger partial charge in [0.25, 0.3) is 5.91 Å². The van der Waals surface area contributed by atoms with Gasteiger partial charge in [0.1, 0.15) is 11.6 Å². The van der Waals surface area contributed by atoms with Crippen LogP contribution in [0.1, 0.15) is 6.42 Å². The Labute approximate surface area is 155 Å². The lowest BCUT2D eigenvalue weighted by molar-refractivity contribution is -0.137. The molecule has 7 nitrogen and oxygen atoms in total. The van der Waals surface area contributed by atoms with Crippen molar-refractivity contribution in [2.45, 2.75) is 12.5 Å². The number of amides is 3. The summed E-state index contributed by atoms with van der Waals surface area (Å²) in [6, 6.07) is 12.2. The van der Waals surface area contributed by atoms with Crippen LogP contribution in [-0.2, 0) is 14.4 Å². The van der Waals surface area contributed by atoms with E-state index in [1.165, 1.54) is 36.2 Å². The summed E-state index contributed by atoms with van der Waals surface area (Å²) in [5.41, 5.74) is 0.979. The molecule has 0 radical (unpaired) electrons. The number of hydrogen-bond acceptors (Lipinski definition) is 4. The standard InChI is InChI=1S/C19H18FN3O4/c1-23(11-17(24)21-13-8-6-12(20)7-9-13)18(25)10-16-19(26)22-14-4-2-3-5-15(14)27-16/h2-9,16H,10-11H2,1H3,(H,21,24)(H,22,26)/t16-/m0/s1. The second kappa shape index (κ2) is 7.86. The summed E-state index contributed by atoms with van der Waals surface area (Å²) in [7, 11) is 1.46. The SMILES string of the molecule is CN(CC(=O)Nc1ccc(F)cc1)C(=O)C[C@@H]1Oc2ccccc2NC1=O. The summed E-state index contributed by atoms with van der Waals surface area (Å²) in [6.45, 7) is -0.207. The number of para-hydroxylation sites is 2. The molecule has 27 heavy (non-hydrogen) atoms. The quantitative estimate of drug-likeness (QED) is 0.842. The van der Waals surface area contributed by atoms with Gasteiger partial charge in [-0.2, -0.15) is 0 Å². The van der Waals surface area contributed by atoms with Gasteiger partial charge in [-0.15, -0.1) is 0 Å². The lowest BCUT2D eigenvalue weighted by Gasteiger charge is -2.26. The van der Waals surface area contributed by atoms with Crippen molar-refractivity contribution in [1.29, 1.82) is 0 Å². The normalized spacial score (nSPS) is 15.2. The van der Waals surface area contributed by atoms with E-state index in [4.69, 9.17) is 4.74 Å². The van der Waals surface area contributed by atoms with Crippen molar-refractivity contribution in [3.8, 4) is 5.75 Å². The van der Waals surface area contributed by atoms with Gasteiger partial charge in [-0.25, -0.2) is 4.39 Å². The third-order valence-electron chi connectivity index (χ3n) is 4.00.